The molecule has 0 aromatic heterocycles. The predicted molar refractivity (Wildman–Crippen MR) is 139 cm³/mol. The molecule has 2 atom stereocenters. The zero-order valence-electron chi connectivity index (χ0n) is 20.7. The van der Waals surface area contributed by atoms with Gasteiger partial charge in [0.2, 0.25) is 0 Å². The fraction of sp³-hybridized carbons (Fsp3) is 0.484. The van der Waals surface area contributed by atoms with Crippen molar-refractivity contribution in [3.8, 4) is 23.5 Å². The van der Waals surface area contributed by atoms with Crippen molar-refractivity contribution in [3.05, 3.63) is 65.7 Å². The lowest BCUT2D eigenvalue weighted by molar-refractivity contribution is 0.313. The van der Waals surface area contributed by atoms with Gasteiger partial charge in [-0.2, -0.15) is 0 Å². The van der Waals surface area contributed by atoms with Crippen LogP contribution in [-0.2, 0) is 6.42 Å². The molecule has 2 aromatic carbocycles. The second kappa shape index (κ2) is 11.4. The number of hydrogen-bond acceptors (Lipinski definition) is 0. The average Bonchev–Trinajstić information content (AvgIpc) is 2.85. The highest BCUT2D eigenvalue weighted by Gasteiger charge is 2.29. The van der Waals surface area contributed by atoms with Crippen LogP contribution in [0.4, 0.5) is 0 Å². The lowest BCUT2D eigenvalue weighted by Gasteiger charge is -2.25. The van der Waals surface area contributed by atoms with E-state index >= 15 is 0 Å². The number of hydrogen-bond donors (Lipinski definition) is 0. The summed E-state index contributed by atoms with van der Waals surface area (Å²) in [6.07, 6.45) is 13.8. The third-order valence-electron chi connectivity index (χ3n) is 6.54. The van der Waals surface area contributed by atoms with Crippen molar-refractivity contribution in [3.63, 3.8) is 0 Å². The van der Waals surface area contributed by atoms with Crippen LogP contribution in [0, 0.1) is 42.4 Å². The van der Waals surface area contributed by atoms with E-state index in [1.54, 1.807) is 0 Å². The van der Waals surface area contributed by atoms with Crippen LogP contribution >= 0.6 is 0 Å². The molecule has 31 heavy (non-hydrogen) atoms. The molecule has 0 nitrogen and oxygen atoms in total. The van der Waals surface area contributed by atoms with Crippen molar-refractivity contribution in [2.45, 2.75) is 73.6 Å². The number of benzene rings is 2. The van der Waals surface area contributed by atoms with E-state index in [-0.39, 0.29) is 5.41 Å². The maximum Gasteiger partial charge on any atom is 0.0289 e. The SMILES string of the molecule is C#CC1(C)CC(C)CCC(C)C1.C=Cc1ccc(-c2ccccc2CC(C)C)cc1C. The molecule has 1 aliphatic rings. The van der Waals surface area contributed by atoms with Gasteiger partial charge in [-0.05, 0) is 78.7 Å². The minimum Gasteiger partial charge on any atom is -0.120 e. The average molecular weight is 415 g/mol. The Morgan fingerprint density at radius 3 is 2.23 bits per heavy atom. The third kappa shape index (κ3) is 7.43. The van der Waals surface area contributed by atoms with Crippen LogP contribution in [0.2, 0.25) is 0 Å². The first-order chi connectivity index (χ1) is 14.7. The summed E-state index contributed by atoms with van der Waals surface area (Å²) in [4.78, 5) is 0. The molecule has 0 N–H and O–H groups in total. The van der Waals surface area contributed by atoms with E-state index in [0.29, 0.717) is 5.92 Å². The molecule has 1 aliphatic carbocycles. The molecule has 166 valence electrons. The van der Waals surface area contributed by atoms with Gasteiger partial charge in [0, 0.05) is 5.41 Å². The second-order valence-electron chi connectivity index (χ2n) is 10.4. The maximum atomic E-state index is 5.58. The molecule has 0 heteroatoms. The van der Waals surface area contributed by atoms with Crippen LogP contribution in [-0.4, -0.2) is 0 Å². The fourth-order valence-corrected chi connectivity index (χ4v) is 5.00. The monoisotopic (exact) mass is 414 g/mol. The summed E-state index contributed by atoms with van der Waals surface area (Å²) in [6, 6.07) is 15.3. The van der Waals surface area contributed by atoms with Gasteiger partial charge in [0.25, 0.3) is 0 Å². The summed E-state index contributed by atoms with van der Waals surface area (Å²) in [6.45, 7) is 17.4. The van der Waals surface area contributed by atoms with Gasteiger partial charge in [0.1, 0.15) is 0 Å². The van der Waals surface area contributed by atoms with Gasteiger partial charge in [-0.1, -0.05) is 95.7 Å². The van der Waals surface area contributed by atoms with Crippen molar-refractivity contribution in [1.29, 1.82) is 0 Å². The lowest BCUT2D eigenvalue weighted by Crippen LogP contribution is -2.17. The van der Waals surface area contributed by atoms with E-state index in [4.69, 9.17) is 6.42 Å². The highest BCUT2D eigenvalue weighted by atomic mass is 14.3. The summed E-state index contributed by atoms with van der Waals surface area (Å²) < 4.78 is 0. The molecule has 2 aromatic rings. The minimum absolute atomic E-state index is 0.176. The molecule has 3 rings (SSSR count). The Hall–Kier alpha value is -2.26. The lowest BCUT2D eigenvalue weighted by atomic mass is 9.79. The third-order valence-corrected chi connectivity index (χ3v) is 6.54. The first-order valence-corrected chi connectivity index (χ1v) is 12.0. The summed E-state index contributed by atoms with van der Waals surface area (Å²) in [5, 5.41) is 0. The van der Waals surface area contributed by atoms with Gasteiger partial charge in [-0.25, -0.2) is 0 Å². The first-order valence-electron chi connectivity index (χ1n) is 12.0. The normalized spacial score (nSPS) is 23.3. The predicted octanol–water partition coefficient (Wildman–Crippen LogP) is 8.98. The van der Waals surface area contributed by atoms with E-state index in [1.165, 1.54) is 53.5 Å². The van der Waals surface area contributed by atoms with Crippen LogP contribution in [0.1, 0.15) is 77.0 Å². The summed E-state index contributed by atoms with van der Waals surface area (Å²) in [7, 11) is 0. The molecule has 1 saturated carbocycles. The molecule has 0 saturated heterocycles. The molecule has 0 amide bonds. The van der Waals surface area contributed by atoms with Crippen molar-refractivity contribution in [1.82, 2.24) is 0 Å². The number of terminal acetylenes is 1. The van der Waals surface area contributed by atoms with Crippen LogP contribution in [0.15, 0.2) is 49.0 Å². The van der Waals surface area contributed by atoms with Gasteiger partial charge in [0.15, 0.2) is 0 Å². The van der Waals surface area contributed by atoms with Gasteiger partial charge >= 0.3 is 0 Å². The smallest absolute Gasteiger partial charge is 0.0289 e. The van der Waals surface area contributed by atoms with E-state index in [9.17, 15) is 0 Å². The van der Waals surface area contributed by atoms with Gasteiger partial charge in [0.05, 0.1) is 0 Å². The second-order valence-corrected chi connectivity index (χ2v) is 10.4. The minimum atomic E-state index is 0.176. The van der Waals surface area contributed by atoms with E-state index in [1.807, 2.05) is 6.08 Å². The standard InChI is InChI=1S/C19H22.C12H20/c1-5-16-10-11-18(13-15(16)4)19-9-7-6-8-17(19)12-14(2)3;1-5-12(4)8-10(2)6-7-11(3)9-12/h5-11,13-14H,1,12H2,2-4H3;1,10-11H,6-9H2,2-4H3. The van der Waals surface area contributed by atoms with Crippen LogP contribution in [0.25, 0.3) is 17.2 Å². The fourth-order valence-electron chi connectivity index (χ4n) is 5.00. The van der Waals surface area contributed by atoms with Crippen molar-refractivity contribution >= 4 is 6.08 Å². The van der Waals surface area contributed by atoms with Crippen molar-refractivity contribution in [2.75, 3.05) is 0 Å². The van der Waals surface area contributed by atoms with Gasteiger partial charge in [-0.3, -0.25) is 0 Å². The summed E-state index contributed by atoms with van der Waals surface area (Å²) in [5.74, 6) is 5.29. The Morgan fingerprint density at radius 1 is 1.10 bits per heavy atom. The van der Waals surface area contributed by atoms with Crippen LogP contribution < -0.4 is 0 Å². The van der Waals surface area contributed by atoms with E-state index < -0.39 is 0 Å². The van der Waals surface area contributed by atoms with E-state index in [2.05, 4.69) is 96.5 Å². The topological polar surface area (TPSA) is 0 Å². The zero-order valence-corrected chi connectivity index (χ0v) is 20.7. The van der Waals surface area contributed by atoms with Crippen molar-refractivity contribution < 1.29 is 0 Å². The first kappa shape index (κ1) is 25.0. The summed E-state index contributed by atoms with van der Waals surface area (Å²) >= 11 is 0. The largest absolute Gasteiger partial charge is 0.120 e. The highest BCUT2D eigenvalue weighted by molar-refractivity contribution is 5.70. The molecule has 0 radical (unpaired) electrons. The van der Waals surface area contributed by atoms with Crippen LogP contribution in [0.5, 0.6) is 0 Å². The Balaban J connectivity index is 0.000000245. The Morgan fingerprint density at radius 2 is 1.71 bits per heavy atom. The van der Waals surface area contributed by atoms with E-state index in [0.717, 1.165) is 18.3 Å². The van der Waals surface area contributed by atoms with Crippen molar-refractivity contribution in [2.24, 2.45) is 23.2 Å². The number of rotatable bonds is 4. The highest BCUT2D eigenvalue weighted by Crippen LogP contribution is 2.39. The Bertz CT molecular complexity index is 880. The van der Waals surface area contributed by atoms with Crippen LogP contribution in [0.3, 0.4) is 0 Å². The molecule has 0 bridgehead atoms. The Labute approximate surface area is 192 Å². The number of aryl methyl sites for hydroxylation is 1. The summed E-state index contributed by atoms with van der Waals surface area (Å²) in [5.41, 5.74) is 6.77. The quantitative estimate of drug-likeness (QED) is 0.346. The van der Waals surface area contributed by atoms with Gasteiger partial charge < -0.3 is 0 Å². The molecule has 0 heterocycles. The molecular formula is C31H42. The molecule has 0 aliphatic heterocycles. The molecule has 1 fully saturated rings. The molecule has 0 spiro atoms. The Kier molecular flexibility index (Phi) is 9.18. The molecule has 2 unspecified atom stereocenters. The molecular weight excluding hydrogens is 372 g/mol. The zero-order chi connectivity index (χ0) is 23.0. The maximum absolute atomic E-state index is 5.58. The van der Waals surface area contributed by atoms with Gasteiger partial charge in [-0.15, -0.1) is 12.3 Å².